The van der Waals surface area contributed by atoms with E-state index in [0.717, 1.165) is 6.07 Å². The van der Waals surface area contributed by atoms with Gasteiger partial charge in [-0.25, -0.2) is 13.6 Å². The Morgan fingerprint density at radius 3 is 2.52 bits per heavy atom. The lowest BCUT2D eigenvalue weighted by Crippen LogP contribution is -2.34. The lowest BCUT2D eigenvalue weighted by Gasteiger charge is -2.26. The predicted molar refractivity (Wildman–Crippen MR) is 101 cm³/mol. The summed E-state index contributed by atoms with van der Waals surface area (Å²) in [6.07, 6.45) is 1.40. The Morgan fingerprint density at radius 2 is 1.85 bits per heavy atom. The van der Waals surface area contributed by atoms with Crippen molar-refractivity contribution in [1.82, 2.24) is 9.88 Å². The number of amides is 2. The zero-order chi connectivity index (χ0) is 19.7. The SMILES string of the molecule is C[C@@H](c1c[nH]c(=O)c2c(F)c(F)ccc12)N(C)C(=O)Nc1ccc(Cl)cc1. The average Bonchev–Trinajstić information content (AvgIpc) is 2.65. The first-order valence-corrected chi connectivity index (χ1v) is 8.46. The third-order valence-electron chi connectivity index (χ3n) is 4.44. The molecule has 8 heteroatoms. The van der Waals surface area contributed by atoms with Gasteiger partial charge in [0, 0.05) is 24.0 Å². The van der Waals surface area contributed by atoms with Crippen LogP contribution in [-0.4, -0.2) is 23.0 Å². The van der Waals surface area contributed by atoms with E-state index in [4.69, 9.17) is 11.6 Å². The van der Waals surface area contributed by atoms with Crippen molar-refractivity contribution in [3.63, 3.8) is 0 Å². The van der Waals surface area contributed by atoms with Crippen molar-refractivity contribution in [3.05, 3.63) is 75.2 Å². The number of halogens is 3. The maximum absolute atomic E-state index is 14.1. The molecule has 0 saturated heterocycles. The van der Waals surface area contributed by atoms with E-state index >= 15 is 0 Å². The number of carbonyl (C=O) groups is 1. The molecular weight excluding hydrogens is 376 g/mol. The zero-order valence-corrected chi connectivity index (χ0v) is 15.3. The molecule has 2 aromatic carbocycles. The highest BCUT2D eigenvalue weighted by atomic mass is 35.5. The summed E-state index contributed by atoms with van der Waals surface area (Å²) in [5.41, 5.74) is 0.311. The number of carbonyl (C=O) groups excluding carboxylic acids is 1. The second-order valence-corrected chi connectivity index (χ2v) is 6.52. The minimum Gasteiger partial charge on any atom is -0.328 e. The number of fused-ring (bicyclic) bond motifs is 1. The van der Waals surface area contributed by atoms with E-state index in [1.165, 1.54) is 17.2 Å². The van der Waals surface area contributed by atoms with Crippen molar-refractivity contribution in [2.24, 2.45) is 0 Å². The third-order valence-corrected chi connectivity index (χ3v) is 4.69. The van der Waals surface area contributed by atoms with Gasteiger partial charge in [0.2, 0.25) is 0 Å². The molecule has 1 aromatic heterocycles. The average molecular weight is 392 g/mol. The van der Waals surface area contributed by atoms with Crippen LogP contribution in [0.5, 0.6) is 0 Å². The summed E-state index contributed by atoms with van der Waals surface area (Å²) in [6, 6.07) is 7.97. The standard InChI is InChI=1S/C19H16ClF2N3O2/c1-10(25(2)19(27)24-12-5-3-11(20)4-6-12)14-9-23-18(26)16-13(14)7-8-15(21)17(16)22/h3-10H,1-2H3,(H,23,26)(H,24,27)/t10-/m0/s1. The van der Waals surface area contributed by atoms with E-state index in [0.29, 0.717) is 16.3 Å². The summed E-state index contributed by atoms with van der Waals surface area (Å²) < 4.78 is 27.6. The summed E-state index contributed by atoms with van der Waals surface area (Å²) in [4.78, 5) is 28.2. The fraction of sp³-hybridized carbons (Fsp3) is 0.158. The highest BCUT2D eigenvalue weighted by Gasteiger charge is 2.22. The molecule has 0 aliphatic carbocycles. The van der Waals surface area contributed by atoms with Crippen molar-refractivity contribution in [3.8, 4) is 0 Å². The van der Waals surface area contributed by atoms with Crippen molar-refractivity contribution in [1.29, 1.82) is 0 Å². The quantitative estimate of drug-likeness (QED) is 0.680. The number of hydrogen-bond acceptors (Lipinski definition) is 2. The van der Waals surface area contributed by atoms with Crippen LogP contribution in [-0.2, 0) is 0 Å². The number of aromatic nitrogens is 1. The van der Waals surface area contributed by atoms with Crippen LogP contribution >= 0.6 is 11.6 Å². The number of rotatable bonds is 3. The van der Waals surface area contributed by atoms with Gasteiger partial charge in [-0.05, 0) is 48.2 Å². The Kier molecular flexibility index (Phi) is 5.14. The highest BCUT2D eigenvalue weighted by Crippen LogP contribution is 2.27. The summed E-state index contributed by atoms with van der Waals surface area (Å²) in [5.74, 6) is -2.32. The van der Waals surface area contributed by atoms with Gasteiger partial charge in [0.1, 0.15) is 0 Å². The molecule has 1 atom stereocenters. The van der Waals surface area contributed by atoms with Crippen molar-refractivity contribution in [2.75, 3.05) is 12.4 Å². The van der Waals surface area contributed by atoms with Gasteiger partial charge >= 0.3 is 6.03 Å². The largest absolute Gasteiger partial charge is 0.328 e. The molecule has 0 aliphatic heterocycles. The molecule has 1 heterocycles. The number of benzene rings is 2. The fourth-order valence-electron chi connectivity index (χ4n) is 2.78. The van der Waals surface area contributed by atoms with E-state index in [-0.39, 0.29) is 10.8 Å². The van der Waals surface area contributed by atoms with Crippen LogP contribution in [0.2, 0.25) is 5.02 Å². The smallest absolute Gasteiger partial charge is 0.322 e. The second kappa shape index (κ2) is 7.36. The molecule has 140 valence electrons. The van der Waals surface area contributed by atoms with E-state index in [1.54, 1.807) is 38.2 Å². The Morgan fingerprint density at radius 1 is 1.19 bits per heavy atom. The molecule has 5 nitrogen and oxygen atoms in total. The summed E-state index contributed by atoms with van der Waals surface area (Å²) in [5, 5.41) is 3.14. The number of H-pyrrole nitrogens is 1. The van der Waals surface area contributed by atoms with E-state index in [1.807, 2.05) is 0 Å². The number of nitrogens with zero attached hydrogens (tertiary/aromatic N) is 1. The van der Waals surface area contributed by atoms with Crippen LogP contribution in [0.1, 0.15) is 18.5 Å². The van der Waals surface area contributed by atoms with Gasteiger partial charge < -0.3 is 15.2 Å². The van der Waals surface area contributed by atoms with Gasteiger partial charge in [-0.15, -0.1) is 0 Å². The Labute approximate surface area is 158 Å². The molecule has 0 spiro atoms. The Hall–Kier alpha value is -2.93. The first-order valence-electron chi connectivity index (χ1n) is 8.08. The zero-order valence-electron chi connectivity index (χ0n) is 14.5. The van der Waals surface area contributed by atoms with Crippen LogP contribution in [0.25, 0.3) is 10.8 Å². The highest BCUT2D eigenvalue weighted by molar-refractivity contribution is 6.30. The summed E-state index contributed by atoms with van der Waals surface area (Å²) in [6.45, 7) is 1.72. The van der Waals surface area contributed by atoms with Gasteiger partial charge in [-0.1, -0.05) is 17.7 Å². The maximum atomic E-state index is 14.1. The number of anilines is 1. The number of urea groups is 1. The molecule has 0 aliphatic rings. The van der Waals surface area contributed by atoms with Gasteiger partial charge in [0.25, 0.3) is 5.56 Å². The monoisotopic (exact) mass is 391 g/mol. The molecule has 0 radical (unpaired) electrons. The third kappa shape index (κ3) is 3.64. The number of hydrogen-bond donors (Lipinski definition) is 2. The number of aromatic amines is 1. The predicted octanol–water partition coefficient (Wildman–Crippen LogP) is 4.68. The van der Waals surface area contributed by atoms with Gasteiger partial charge in [0.05, 0.1) is 11.4 Å². The van der Waals surface area contributed by atoms with Crippen LogP contribution in [0.3, 0.4) is 0 Å². The van der Waals surface area contributed by atoms with Crippen molar-refractivity contribution < 1.29 is 13.6 Å². The van der Waals surface area contributed by atoms with E-state index < -0.39 is 29.3 Å². The van der Waals surface area contributed by atoms with Crippen LogP contribution in [0.15, 0.2) is 47.4 Å². The van der Waals surface area contributed by atoms with Gasteiger partial charge in [0.15, 0.2) is 11.6 Å². The maximum Gasteiger partial charge on any atom is 0.322 e. The van der Waals surface area contributed by atoms with Crippen LogP contribution in [0, 0.1) is 11.6 Å². The molecule has 27 heavy (non-hydrogen) atoms. The summed E-state index contributed by atoms with van der Waals surface area (Å²) >= 11 is 5.82. The molecular formula is C19H16ClF2N3O2. The van der Waals surface area contributed by atoms with Crippen molar-refractivity contribution in [2.45, 2.75) is 13.0 Å². The van der Waals surface area contributed by atoms with Crippen LogP contribution in [0.4, 0.5) is 19.3 Å². The van der Waals surface area contributed by atoms with Crippen LogP contribution < -0.4 is 10.9 Å². The molecule has 0 unspecified atom stereocenters. The minimum absolute atomic E-state index is 0.247. The minimum atomic E-state index is -1.21. The van der Waals surface area contributed by atoms with E-state index in [9.17, 15) is 18.4 Å². The molecule has 0 bridgehead atoms. The first-order chi connectivity index (χ1) is 12.8. The molecule has 3 aromatic rings. The normalized spacial score (nSPS) is 12.0. The molecule has 3 rings (SSSR count). The lowest BCUT2D eigenvalue weighted by molar-refractivity contribution is 0.208. The van der Waals surface area contributed by atoms with E-state index in [2.05, 4.69) is 10.3 Å². The van der Waals surface area contributed by atoms with Crippen molar-refractivity contribution >= 4 is 34.1 Å². The molecule has 0 fully saturated rings. The number of nitrogens with one attached hydrogen (secondary N) is 2. The number of pyridine rings is 1. The molecule has 0 saturated carbocycles. The first kappa shape index (κ1) is 18.8. The Balaban J connectivity index is 1.93. The summed E-state index contributed by atoms with van der Waals surface area (Å²) in [7, 11) is 1.56. The molecule has 2 amide bonds. The fourth-order valence-corrected chi connectivity index (χ4v) is 2.91. The lowest BCUT2D eigenvalue weighted by atomic mass is 10.0. The van der Waals surface area contributed by atoms with Gasteiger partial charge in [-0.2, -0.15) is 0 Å². The topological polar surface area (TPSA) is 65.2 Å². The Bertz CT molecular complexity index is 1070. The van der Waals surface area contributed by atoms with Gasteiger partial charge in [-0.3, -0.25) is 4.79 Å². The molecule has 2 N–H and O–H groups in total. The second-order valence-electron chi connectivity index (χ2n) is 6.08.